The predicted octanol–water partition coefficient (Wildman–Crippen LogP) is 10.6. The van der Waals surface area contributed by atoms with E-state index in [1.54, 1.807) is 41.7 Å². The molecular formula is C41H35NO3S2. The first kappa shape index (κ1) is 29.9. The summed E-state index contributed by atoms with van der Waals surface area (Å²) in [5.74, 6) is -0.272. The lowest BCUT2D eigenvalue weighted by Crippen LogP contribution is -2.20. The van der Waals surface area contributed by atoms with Gasteiger partial charge in [0.05, 0.1) is 26.5 Å². The summed E-state index contributed by atoms with van der Waals surface area (Å²) < 4.78 is 30.7. The van der Waals surface area contributed by atoms with Crippen LogP contribution in [-0.2, 0) is 20.7 Å². The molecule has 0 saturated carbocycles. The molecule has 8 rings (SSSR count). The molecular weight excluding hydrogens is 619 g/mol. The Morgan fingerprint density at radius 2 is 1.21 bits per heavy atom. The van der Waals surface area contributed by atoms with Gasteiger partial charge in [0.15, 0.2) is 5.78 Å². The summed E-state index contributed by atoms with van der Waals surface area (Å²) in [6, 6.07) is 31.7. The molecule has 4 nitrogen and oxygen atoms in total. The van der Waals surface area contributed by atoms with E-state index >= 15 is 0 Å². The van der Waals surface area contributed by atoms with Gasteiger partial charge in [-0.05, 0) is 93.6 Å². The van der Waals surface area contributed by atoms with Gasteiger partial charge in [0.25, 0.3) is 0 Å². The van der Waals surface area contributed by atoms with E-state index < -0.39 is 9.84 Å². The first-order chi connectivity index (χ1) is 22.2. The number of ketones is 1. The molecule has 0 bridgehead atoms. The van der Waals surface area contributed by atoms with Gasteiger partial charge >= 0.3 is 0 Å². The average Bonchev–Trinajstić information content (AvgIpc) is 3.64. The number of benzene rings is 5. The van der Waals surface area contributed by atoms with Gasteiger partial charge in [0, 0.05) is 37.5 Å². The van der Waals surface area contributed by atoms with Crippen molar-refractivity contribution in [3.05, 3.63) is 125 Å². The van der Waals surface area contributed by atoms with Crippen LogP contribution in [-0.4, -0.2) is 18.8 Å². The highest BCUT2D eigenvalue weighted by Gasteiger charge is 2.35. The van der Waals surface area contributed by atoms with E-state index in [0.717, 1.165) is 37.9 Å². The van der Waals surface area contributed by atoms with E-state index in [9.17, 15) is 13.2 Å². The molecule has 1 aliphatic rings. The summed E-state index contributed by atoms with van der Waals surface area (Å²) in [7, 11) is -3.83. The van der Waals surface area contributed by atoms with Crippen LogP contribution in [0.2, 0.25) is 0 Å². The van der Waals surface area contributed by atoms with Crippen molar-refractivity contribution in [3.8, 4) is 16.8 Å². The van der Waals surface area contributed by atoms with E-state index in [1.807, 2.05) is 6.07 Å². The summed E-state index contributed by atoms with van der Waals surface area (Å²) in [4.78, 5) is 13.9. The first-order valence-corrected chi connectivity index (χ1v) is 18.2. The number of carbonyl (C=O) groups is 1. The van der Waals surface area contributed by atoms with Crippen LogP contribution < -0.4 is 0 Å². The zero-order chi connectivity index (χ0) is 33.0. The highest BCUT2D eigenvalue weighted by Crippen LogP contribution is 2.44. The fourth-order valence-corrected chi connectivity index (χ4v) is 9.38. The van der Waals surface area contributed by atoms with E-state index in [0.29, 0.717) is 0 Å². The van der Waals surface area contributed by atoms with Crippen LogP contribution in [0.15, 0.2) is 112 Å². The minimum atomic E-state index is -3.83. The molecule has 0 saturated heterocycles. The second-order valence-corrected chi connectivity index (χ2v) is 17.5. The van der Waals surface area contributed by atoms with Crippen molar-refractivity contribution in [2.75, 3.05) is 0 Å². The van der Waals surface area contributed by atoms with Crippen molar-refractivity contribution in [2.24, 2.45) is 0 Å². The maximum Gasteiger partial charge on any atom is 0.208 e. The third kappa shape index (κ3) is 4.45. The van der Waals surface area contributed by atoms with Crippen LogP contribution in [0, 0.1) is 0 Å². The van der Waals surface area contributed by atoms with E-state index in [2.05, 4.69) is 106 Å². The number of carbonyl (C=O) groups excluding carboxylic acids is 1. The molecule has 1 aliphatic heterocycles. The molecule has 0 amide bonds. The van der Waals surface area contributed by atoms with Crippen LogP contribution in [0.25, 0.3) is 48.7 Å². The van der Waals surface area contributed by atoms with Gasteiger partial charge < -0.3 is 4.57 Å². The number of fused-ring (bicyclic) bond motifs is 6. The lowest BCUT2D eigenvalue weighted by Gasteiger charge is -2.21. The fraction of sp³-hybridized carbons (Fsp3) is 0.195. The van der Waals surface area contributed by atoms with Gasteiger partial charge in [-0.3, -0.25) is 4.79 Å². The molecule has 5 aromatic carbocycles. The van der Waals surface area contributed by atoms with E-state index in [-0.39, 0.29) is 37.5 Å². The molecule has 0 atom stereocenters. The van der Waals surface area contributed by atoms with Crippen LogP contribution in [0.3, 0.4) is 0 Å². The quantitative estimate of drug-likeness (QED) is 0.187. The number of sulfone groups is 1. The SMILES string of the molecule is CC(C)(C)c1ccc2c(c1)c1cc(C(C)(C)C)ccc1n2-c1c(-c2ccc3c(c2)C(=O)c2ccccc2S3(=O)=O)ccc2sccc12. The largest absolute Gasteiger partial charge is 0.308 e. The van der Waals surface area contributed by atoms with Gasteiger partial charge in [-0.1, -0.05) is 77.9 Å². The first-order valence-electron chi connectivity index (χ1n) is 15.9. The van der Waals surface area contributed by atoms with Crippen LogP contribution >= 0.6 is 11.3 Å². The third-order valence-electron chi connectivity index (χ3n) is 9.57. The third-order valence-corrected chi connectivity index (χ3v) is 12.3. The molecule has 0 spiro atoms. The molecule has 3 heterocycles. The van der Waals surface area contributed by atoms with E-state index in [4.69, 9.17) is 0 Å². The van der Waals surface area contributed by atoms with Crippen molar-refractivity contribution in [1.82, 2.24) is 4.57 Å². The number of hydrogen-bond donors (Lipinski definition) is 0. The lowest BCUT2D eigenvalue weighted by molar-refractivity contribution is 0.103. The fourth-order valence-electron chi connectivity index (χ4n) is 6.96. The zero-order valence-corrected chi connectivity index (χ0v) is 28.9. The molecule has 0 aliphatic carbocycles. The summed E-state index contributed by atoms with van der Waals surface area (Å²) in [6.07, 6.45) is 0. The smallest absolute Gasteiger partial charge is 0.208 e. The number of nitrogens with zero attached hydrogens (tertiary/aromatic N) is 1. The molecule has 0 N–H and O–H groups in total. The Labute approximate surface area is 279 Å². The zero-order valence-electron chi connectivity index (χ0n) is 27.3. The minimum Gasteiger partial charge on any atom is -0.308 e. The topological polar surface area (TPSA) is 56.1 Å². The highest BCUT2D eigenvalue weighted by atomic mass is 32.2. The number of thiophene rings is 1. The minimum absolute atomic E-state index is 0.0165. The molecule has 7 aromatic rings. The molecule has 6 heteroatoms. The van der Waals surface area contributed by atoms with Gasteiger partial charge in [-0.25, -0.2) is 8.42 Å². The predicted molar refractivity (Wildman–Crippen MR) is 194 cm³/mol. The van der Waals surface area contributed by atoms with Gasteiger partial charge in [0.2, 0.25) is 9.84 Å². The summed E-state index contributed by atoms with van der Waals surface area (Å²) in [6.45, 7) is 13.5. The van der Waals surface area contributed by atoms with Crippen molar-refractivity contribution in [1.29, 1.82) is 0 Å². The second-order valence-electron chi connectivity index (χ2n) is 14.6. The molecule has 234 valence electrons. The monoisotopic (exact) mass is 653 g/mol. The normalized spacial score (nSPS) is 14.6. The van der Waals surface area contributed by atoms with Gasteiger partial charge in [0.1, 0.15) is 0 Å². The van der Waals surface area contributed by atoms with Crippen molar-refractivity contribution in [2.45, 2.75) is 62.2 Å². The number of aromatic nitrogens is 1. The Kier molecular flexibility index (Phi) is 6.35. The summed E-state index contributed by atoms with van der Waals surface area (Å²) in [5, 5.41) is 5.61. The second kappa shape index (κ2) is 9.99. The van der Waals surface area contributed by atoms with Crippen LogP contribution in [0.1, 0.15) is 68.6 Å². The van der Waals surface area contributed by atoms with Gasteiger partial charge in [-0.15, -0.1) is 11.3 Å². The highest BCUT2D eigenvalue weighted by molar-refractivity contribution is 7.91. The molecule has 0 radical (unpaired) electrons. The Balaban J connectivity index is 1.45. The number of rotatable bonds is 2. The Bertz CT molecular complexity index is 2500. The molecule has 0 unspecified atom stereocenters. The van der Waals surface area contributed by atoms with Crippen LogP contribution in [0.5, 0.6) is 0 Å². The summed E-state index contributed by atoms with van der Waals surface area (Å²) >= 11 is 1.69. The Hall–Kier alpha value is -4.52. The Morgan fingerprint density at radius 1 is 0.596 bits per heavy atom. The summed E-state index contributed by atoms with van der Waals surface area (Å²) in [5.41, 5.74) is 7.89. The molecule has 2 aromatic heterocycles. The van der Waals surface area contributed by atoms with E-state index in [1.165, 1.54) is 28.0 Å². The van der Waals surface area contributed by atoms with Crippen molar-refractivity contribution in [3.63, 3.8) is 0 Å². The average molecular weight is 654 g/mol. The Morgan fingerprint density at radius 3 is 1.85 bits per heavy atom. The maximum atomic E-state index is 13.8. The number of hydrogen-bond acceptors (Lipinski definition) is 4. The van der Waals surface area contributed by atoms with Crippen molar-refractivity contribution < 1.29 is 13.2 Å². The molecule has 47 heavy (non-hydrogen) atoms. The van der Waals surface area contributed by atoms with Gasteiger partial charge in [-0.2, -0.15) is 0 Å². The van der Waals surface area contributed by atoms with Crippen LogP contribution in [0.4, 0.5) is 0 Å². The maximum absolute atomic E-state index is 13.8. The van der Waals surface area contributed by atoms with Crippen molar-refractivity contribution >= 4 is 58.8 Å². The molecule has 0 fully saturated rings. The lowest BCUT2D eigenvalue weighted by atomic mass is 9.85. The standard InChI is InChI=1S/C41H35NO3S2/c1-40(2,3)25-12-15-33-30(22-25)31-23-26(41(4,5)6)13-16-34(31)42(33)38-27(14-17-35-28(38)19-20-46-35)24-11-18-37-32(21-24)39(43)29-9-7-8-10-36(29)47(37,44)45/h7-23H,1-6H3.